The fraction of sp³-hybridized carbons (Fsp3) is 0.500. The van der Waals surface area contributed by atoms with Gasteiger partial charge < -0.3 is 10.6 Å². The number of anilines is 1. The zero-order valence-electron chi connectivity index (χ0n) is 11.3. The number of nitrogens with one attached hydrogen (secondary N) is 2. The summed E-state index contributed by atoms with van der Waals surface area (Å²) in [5, 5.41) is 7.04. The van der Waals surface area contributed by atoms with Crippen molar-refractivity contribution in [2.45, 2.75) is 26.7 Å². The van der Waals surface area contributed by atoms with E-state index in [1.165, 1.54) is 0 Å². The first kappa shape index (κ1) is 16.3. The molecule has 0 aromatic heterocycles. The molecule has 0 atom stereocenters. The van der Waals surface area contributed by atoms with Crippen molar-refractivity contribution >= 4 is 34.8 Å². The summed E-state index contributed by atoms with van der Waals surface area (Å²) < 4.78 is 0. The molecule has 0 aliphatic rings. The molecule has 3 nitrogen and oxygen atoms in total. The Kier molecular flexibility index (Phi) is 7.21. The molecule has 0 aliphatic carbocycles. The SMILES string of the molecule is CC(C)CCNCCC(=O)Nc1cc(Cl)cc(Cl)c1. The third-order valence-electron chi connectivity index (χ3n) is 2.57. The normalized spacial score (nSPS) is 10.8. The van der Waals surface area contributed by atoms with Gasteiger partial charge in [0.1, 0.15) is 0 Å². The average Bonchev–Trinajstić information content (AvgIpc) is 2.26. The van der Waals surface area contributed by atoms with Crippen molar-refractivity contribution in [2.24, 2.45) is 5.92 Å². The molecule has 1 rings (SSSR count). The Morgan fingerprint density at radius 1 is 1.16 bits per heavy atom. The summed E-state index contributed by atoms with van der Waals surface area (Å²) in [7, 11) is 0. The van der Waals surface area contributed by atoms with Crippen LogP contribution in [0.25, 0.3) is 0 Å². The van der Waals surface area contributed by atoms with Crippen molar-refractivity contribution in [1.82, 2.24) is 5.32 Å². The molecule has 0 radical (unpaired) electrons. The minimum Gasteiger partial charge on any atom is -0.326 e. The predicted molar refractivity (Wildman–Crippen MR) is 82.0 cm³/mol. The number of halogens is 2. The average molecular weight is 303 g/mol. The summed E-state index contributed by atoms with van der Waals surface area (Å²) in [6, 6.07) is 4.99. The molecule has 0 saturated carbocycles. The summed E-state index contributed by atoms with van der Waals surface area (Å²) in [6.45, 7) is 5.97. The van der Waals surface area contributed by atoms with Gasteiger partial charge in [-0.15, -0.1) is 0 Å². The number of hydrogen-bond donors (Lipinski definition) is 2. The first-order chi connectivity index (χ1) is 8.97. The standard InChI is InChI=1S/C14H20Cl2N2O/c1-10(2)3-5-17-6-4-14(19)18-13-8-11(15)7-12(16)9-13/h7-10,17H,3-6H2,1-2H3,(H,18,19). The summed E-state index contributed by atoms with van der Waals surface area (Å²) >= 11 is 11.7. The van der Waals surface area contributed by atoms with Crippen LogP contribution in [0.3, 0.4) is 0 Å². The third kappa shape index (κ3) is 7.41. The Morgan fingerprint density at radius 3 is 2.37 bits per heavy atom. The van der Waals surface area contributed by atoms with Gasteiger partial charge in [0.05, 0.1) is 0 Å². The van der Waals surface area contributed by atoms with Gasteiger partial charge in [-0.05, 0) is 37.1 Å². The second kappa shape index (κ2) is 8.41. The van der Waals surface area contributed by atoms with Gasteiger partial charge in [0.25, 0.3) is 0 Å². The van der Waals surface area contributed by atoms with Crippen LogP contribution in [0.4, 0.5) is 5.69 Å². The lowest BCUT2D eigenvalue weighted by Gasteiger charge is -2.08. The van der Waals surface area contributed by atoms with Crippen LogP contribution in [0, 0.1) is 5.92 Å². The summed E-state index contributed by atoms with van der Waals surface area (Å²) in [6.07, 6.45) is 1.55. The van der Waals surface area contributed by atoms with E-state index in [0.717, 1.165) is 13.0 Å². The molecule has 0 aliphatic heterocycles. The van der Waals surface area contributed by atoms with E-state index in [9.17, 15) is 4.79 Å². The van der Waals surface area contributed by atoms with Gasteiger partial charge in [-0.2, -0.15) is 0 Å². The van der Waals surface area contributed by atoms with Crippen LogP contribution in [0.1, 0.15) is 26.7 Å². The Morgan fingerprint density at radius 2 is 1.79 bits per heavy atom. The van der Waals surface area contributed by atoms with Crippen LogP contribution in [0.15, 0.2) is 18.2 Å². The van der Waals surface area contributed by atoms with Gasteiger partial charge in [0, 0.05) is 28.7 Å². The van der Waals surface area contributed by atoms with E-state index >= 15 is 0 Å². The molecule has 0 spiro atoms. The highest BCUT2D eigenvalue weighted by atomic mass is 35.5. The van der Waals surface area contributed by atoms with Crippen LogP contribution in [0.2, 0.25) is 10.0 Å². The van der Waals surface area contributed by atoms with Crippen molar-refractivity contribution in [3.05, 3.63) is 28.2 Å². The van der Waals surface area contributed by atoms with E-state index in [2.05, 4.69) is 24.5 Å². The predicted octanol–water partition coefficient (Wildman–Crippen LogP) is 3.96. The van der Waals surface area contributed by atoms with E-state index < -0.39 is 0 Å². The molecule has 2 N–H and O–H groups in total. The first-order valence-electron chi connectivity index (χ1n) is 6.44. The summed E-state index contributed by atoms with van der Waals surface area (Å²) in [4.78, 5) is 11.7. The lowest BCUT2D eigenvalue weighted by Crippen LogP contribution is -2.23. The maximum Gasteiger partial charge on any atom is 0.225 e. The van der Waals surface area contributed by atoms with E-state index in [1.807, 2.05) is 0 Å². The van der Waals surface area contributed by atoms with Crippen molar-refractivity contribution in [3.63, 3.8) is 0 Å². The highest BCUT2D eigenvalue weighted by molar-refractivity contribution is 6.35. The van der Waals surface area contributed by atoms with Crippen LogP contribution in [-0.2, 0) is 4.79 Å². The van der Waals surface area contributed by atoms with Gasteiger partial charge in [-0.3, -0.25) is 4.79 Å². The van der Waals surface area contributed by atoms with Crippen molar-refractivity contribution < 1.29 is 4.79 Å². The van der Waals surface area contributed by atoms with Gasteiger partial charge in [0.15, 0.2) is 0 Å². The highest BCUT2D eigenvalue weighted by Gasteiger charge is 2.04. The molecule has 0 heterocycles. The van der Waals surface area contributed by atoms with Crippen LogP contribution < -0.4 is 10.6 Å². The number of benzene rings is 1. The zero-order valence-corrected chi connectivity index (χ0v) is 12.8. The summed E-state index contributed by atoms with van der Waals surface area (Å²) in [5.41, 5.74) is 0.629. The largest absolute Gasteiger partial charge is 0.326 e. The fourth-order valence-electron chi connectivity index (χ4n) is 1.57. The number of carbonyl (C=O) groups is 1. The van der Waals surface area contributed by atoms with E-state index in [4.69, 9.17) is 23.2 Å². The van der Waals surface area contributed by atoms with E-state index in [1.54, 1.807) is 18.2 Å². The van der Waals surface area contributed by atoms with Gasteiger partial charge >= 0.3 is 0 Å². The molecule has 0 fully saturated rings. The minimum absolute atomic E-state index is 0.0459. The molecule has 0 bridgehead atoms. The molecule has 1 amide bonds. The second-order valence-electron chi connectivity index (χ2n) is 4.89. The molecule has 0 unspecified atom stereocenters. The fourth-order valence-corrected chi connectivity index (χ4v) is 2.09. The van der Waals surface area contributed by atoms with Crippen molar-refractivity contribution in [1.29, 1.82) is 0 Å². The topological polar surface area (TPSA) is 41.1 Å². The smallest absolute Gasteiger partial charge is 0.225 e. The quantitative estimate of drug-likeness (QED) is 0.749. The number of rotatable bonds is 7. The number of carbonyl (C=O) groups excluding carboxylic acids is 1. The highest BCUT2D eigenvalue weighted by Crippen LogP contribution is 2.22. The maximum absolute atomic E-state index is 11.7. The summed E-state index contributed by atoms with van der Waals surface area (Å²) in [5.74, 6) is 0.630. The zero-order chi connectivity index (χ0) is 14.3. The molecule has 5 heteroatoms. The first-order valence-corrected chi connectivity index (χ1v) is 7.19. The van der Waals surface area contributed by atoms with Gasteiger partial charge in [-0.1, -0.05) is 37.0 Å². The van der Waals surface area contributed by atoms with Crippen LogP contribution >= 0.6 is 23.2 Å². The Hall–Kier alpha value is -0.770. The molecule has 1 aromatic carbocycles. The Balaban J connectivity index is 2.27. The monoisotopic (exact) mass is 302 g/mol. The van der Waals surface area contributed by atoms with Crippen molar-refractivity contribution in [2.75, 3.05) is 18.4 Å². The lowest BCUT2D eigenvalue weighted by atomic mass is 10.1. The molecular formula is C14H20Cl2N2O. The molecule has 19 heavy (non-hydrogen) atoms. The van der Waals surface area contributed by atoms with Gasteiger partial charge in [0.2, 0.25) is 5.91 Å². The second-order valence-corrected chi connectivity index (χ2v) is 5.76. The molecular weight excluding hydrogens is 283 g/mol. The minimum atomic E-state index is -0.0459. The lowest BCUT2D eigenvalue weighted by molar-refractivity contribution is -0.116. The molecule has 1 aromatic rings. The molecule has 0 saturated heterocycles. The molecule has 106 valence electrons. The van der Waals surface area contributed by atoms with E-state index in [0.29, 0.717) is 34.6 Å². The third-order valence-corrected chi connectivity index (χ3v) is 3.01. The van der Waals surface area contributed by atoms with Crippen LogP contribution in [-0.4, -0.2) is 19.0 Å². The van der Waals surface area contributed by atoms with Crippen molar-refractivity contribution in [3.8, 4) is 0 Å². The van der Waals surface area contributed by atoms with Crippen LogP contribution in [0.5, 0.6) is 0 Å². The Labute approximate surface area is 124 Å². The number of hydrogen-bond acceptors (Lipinski definition) is 2. The maximum atomic E-state index is 11.7. The van der Waals surface area contributed by atoms with E-state index in [-0.39, 0.29) is 5.91 Å². The Bertz CT molecular complexity index is 402. The number of amides is 1. The van der Waals surface area contributed by atoms with Gasteiger partial charge in [-0.25, -0.2) is 0 Å².